The zero-order chi connectivity index (χ0) is 10.8. The molecule has 2 rings (SSSR count). The Labute approximate surface area is 91.2 Å². The van der Waals surface area contributed by atoms with Gasteiger partial charge in [-0.2, -0.15) is 0 Å². The second-order valence-corrected chi connectivity index (χ2v) is 4.50. The van der Waals surface area contributed by atoms with Crippen molar-refractivity contribution in [3.63, 3.8) is 0 Å². The minimum absolute atomic E-state index is 0.119. The average molecular weight is 208 g/mol. The first-order valence-corrected chi connectivity index (χ1v) is 5.74. The monoisotopic (exact) mass is 208 g/mol. The van der Waals surface area contributed by atoms with Crippen LogP contribution < -0.4 is 5.73 Å². The van der Waals surface area contributed by atoms with E-state index in [1.807, 2.05) is 13.0 Å². The molecule has 0 bridgehead atoms. The lowest BCUT2D eigenvalue weighted by molar-refractivity contribution is 0.189. The van der Waals surface area contributed by atoms with E-state index in [1.165, 1.54) is 12.8 Å². The fraction of sp³-hybridized carbons (Fsp3) is 0.667. The van der Waals surface area contributed by atoms with E-state index < -0.39 is 0 Å². The summed E-state index contributed by atoms with van der Waals surface area (Å²) in [4.78, 5) is 2.43. The van der Waals surface area contributed by atoms with E-state index in [0.29, 0.717) is 0 Å². The van der Waals surface area contributed by atoms with Crippen molar-refractivity contribution >= 4 is 0 Å². The molecule has 2 N–H and O–H groups in total. The molecule has 0 aromatic carbocycles. The van der Waals surface area contributed by atoms with Crippen LogP contribution in [-0.4, -0.2) is 24.0 Å². The number of hydrogen-bond acceptors (Lipinski definition) is 3. The highest BCUT2D eigenvalue weighted by Gasteiger charge is 2.28. The molecule has 2 atom stereocenters. The van der Waals surface area contributed by atoms with E-state index in [0.717, 1.165) is 24.6 Å². The van der Waals surface area contributed by atoms with E-state index >= 15 is 0 Å². The molecule has 1 saturated heterocycles. The van der Waals surface area contributed by atoms with Crippen molar-refractivity contribution in [3.05, 3.63) is 23.7 Å². The van der Waals surface area contributed by atoms with Crippen LogP contribution in [0.3, 0.4) is 0 Å². The van der Waals surface area contributed by atoms with Crippen molar-refractivity contribution in [1.29, 1.82) is 0 Å². The summed E-state index contributed by atoms with van der Waals surface area (Å²) in [6, 6.07) is 4.44. The fourth-order valence-electron chi connectivity index (χ4n) is 2.40. The quantitative estimate of drug-likeness (QED) is 0.827. The molecule has 0 aliphatic carbocycles. The molecule has 0 saturated carbocycles. The number of rotatable bonds is 3. The second kappa shape index (κ2) is 4.37. The maximum atomic E-state index is 6.06. The van der Waals surface area contributed by atoms with E-state index in [9.17, 15) is 0 Å². The molecule has 1 aromatic heterocycles. The van der Waals surface area contributed by atoms with E-state index in [-0.39, 0.29) is 12.1 Å². The normalized spacial score (nSPS) is 21.8. The standard InChI is InChI=1S/C12H20N2O/c1-9-5-6-11(15-9)12(10(2)13)14-7-3-4-8-14/h5-6,10,12H,3-4,7-8,13H2,1-2H3. The molecule has 1 fully saturated rings. The first kappa shape index (κ1) is 10.7. The van der Waals surface area contributed by atoms with Crippen LogP contribution in [0.15, 0.2) is 16.5 Å². The highest BCUT2D eigenvalue weighted by molar-refractivity contribution is 5.12. The van der Waals surface area contributed by atoms with Gasteiger partial charge in [0.1, 0.15) is 11.5 Å². The van der Waals surface area contributed by atoms with Crippen molar-refractivity contribution in [1.82, 2.24) is 4.90 Å². The van der Waals surface area contributed by atoms with Crippen LogP contribution in [0.25, 0.3) is 0 Å². The van der Waals surface area contributed by atoms with E-state index in [1.54, 1.807) is 0 Å². The molecule has 3 heteroatoms. The Kier molecular flexibility index (Phi) is 3.12. The smallest absolute Gasteiger partial charge is 0.122 e. The molecular weight excluding hydrogens is 188 g/mol. The van der Waals surface area contributed by atoms with Crippen LogP contribution in [0.1, 0.15) is 37.3 Å². The number of nitrogens with zero attached hydrogens (tertiary/aromatic N) is 1. The van der Waals surface area contributed by atoms with Gasteiger partial charge in [-0.25, -0.2) is 0 Å². The zero-order valence-corrected chi connectivity index (χ0v) is 9.57. The first-order valence-electron chi connectivity index (χ1n) is 5.74. The molecule has 1 aliphatic rings. The van der Waals surface area contributed by atoms with Crippen LogP contribution >= 0.6 is 0 Å². The summed E-state index contributed by atoms with van der Waals surface area (Å²) < 4.78 is 5.70. The molecule has 2 heterocycles. The molecule has 15 heavy (non-hydrogen) atoms. The Hall–Kier alpha value is -0.800. The molecule has 0 spiro atoms. The van der Waals surface area contributed by atoms with Gasteiger partial charge in [0.2, 0.25) is 0 Å². The van der Waals surface area contributed by atoms with Crippen molar-refractivity contribution in [2.75, 3.05) is 13.1 Å². The number of nitrogens with two attached hydrogens (primary N) is 1. The minimum atomic E-state index is 0.119. The van der Waals surface area contributed by atoms with Gasteiger partial charge in [0.25, 0.3) is 0 Å². The van der Waals surface area contributed by atoms with Crippen LogP contribution in [0.5, 0.6) is 0 Å². The molecule has 1 aromatic rings. The van der Waals surface area contributed by atoms with Gasteiger partial charge in [0, 0.05) is 6.04 Å². The van der Waals surface area contributed by atoms with Crippen LogP contribution in [-0.2, 0) is 0 Å². The fourth-order valence-corrected chi connectivity index (χ4v) is 2.40. The van der Waals surface area contributed by atoms with Crippen molar-refractivity contribution in [3.8, 4) is 0 Å². The molecule has 3 nitrogen and oxygen atoms in total. The maximum absolute atomic E-state index is 6.06. The van der Waals surface area contributed by atoms with Gasteiger partial charge in [-0.1, -0.05) is 0 Å². The Morgan fingerprint density at radius 1 is 1.33 bits per heavy atom. The predicted octanol–water partition coefficient (Wildman–Crippen LogP) is 2.07. The van der Waals surface area contributed by atoms with Crippen molar-refractivity contribution in [2.24, 2.45) is 5.73 Å². The Balaban J connectivity index is 2.18. The molecule has 84 valence electrons. The summed E-state index contributed by atoms with van der Waals surface area (Å²) in [7, 11) is 0. The van der Waals surface area contributed by atoms with Gasteiger partial charge < -0.3 is 10.2 Å². The lowest BCUT2D eigenvalue weighted by Gasteiger charge is -2.28. The number of aryl methyl sites for hydroxylation is 1. The minimum Gasteiger partial charge on any atom is -0.465 e. The Bertz CT molecular complexity index is 313. The third kappa shape index (κ3) is 2.24. The van der Waals surface area contributed by atoms with Gasteiger partial charge in [-0.3, -0.25) is 4.90 Å². The van der Waals surface area contributed by atoms with Gasteiger partial charge >= 0.3 is 0 Å². The third-order valence-electron chi connectivity index (χ3n) is 3.08. The number of likely N-dealkylation sites (tertiary alicyclic amines) is 1. The zero-order valence-electron chi connectivity index (χ0n) is 9.57. The summed E-state index contributed by atoms with van der Waals surface area (Å²) in [6.07, 6.45) is 2.56. The van der Waals surface area contributed by atoms with Crippen LogP contribution in [0.4, 0.5) is 0 Å². The summed E-state index contributed by atoms with van der Waals surface area (Å²) in [5.74, 6) is 1.99. The van der Waals surface area contributed by atoms with Gasteiger partial charge in [-0.05, 0) is 51.9 Å². The number of hydrogen-bond donors (Lipinski definition) is 1. The summed E-state index contributed by atoms with van der Waals surface area (Å²) >= 11 is 0. The molecule has 0 radical (unpaired) electrons. The first-order chi connectivity index (χ1) is 7.18. The summed E-state index contributed by atoms with van der Waals surface area (Å²) in [5.41, 5.74) is 6.06. The Morgan fingerprint density at radius 2 is 2.00 bits per heavy atom. The topological polar surface area (TPSA) is 42.4 Å². The molecule has 0 amide bonds. The maximum Gasteiger partial charge on any atom is 0.122 e. The van der Waals surface area contributed by atoms with Crippen molar-refractivity contribution < 1.29 is 4.42 Å². The largest absolute Gasteiger partial charge is 0.465 e. The predicted molar refractivity (Wildman–Crippen MR) is 60.6 cm³/mol. The Morgan fingerprint density at radius 3 is 2.47 bits per heavy atom. The summed E-state index contributed by atoms with van der Waals surface area (Å²) in [5, 5.41) is 0. The summed E-state index contributed by atoms with van der Waals surface area (Å²) in [6.45, 7) is 6.32. The average Bonchev–Trinajstić information content (AvgIpc) is 2.77. The van der Waals surface area contributed by atoms with Gasteiger partial charge in [-0.15, -0.1) is 0 Å². The van der Waals surface area contributed by atoms with Gasteiger partial charge in [0.15, 0.2) is 0 Å². The SMILES string of the molecule is Cc1ccc(C(C(C)N)N2CCCC2)o1. The van der Waals surface area contributed by atoms with Crippen molar-refractivity contribution in [2.45, 2.75) is 38.8 Å². The molecule has 1 aliphatic heterocycles. The van der Waals surface area contributed by atoms with E-state index in [4.69, 9.17) is 10.2 Å². The third-order valence-corrected chi connectivity index (χ3v) is 3.08. The number of furan rings is 1. The highest BCUT2D eigenvalue weighted by Crippen LogP contribution is 2.28. The molecule has 2 unspecified atom stereocenters. The lowest BCUT2D eigenvalue weighted by atomic mass is 10.1. The highest BCUT2D eigenvalue weighted by atomic mass is 16.3. The van der Waals surface area contributed by atoms with Crippen LogP contribution in [0.2, 0.25) is 0 Å². The molecular formula is C12H20N2O. The van der Waals surface area contributed by atoms with E-state index in [2.05, 4.69) is 17.9 Å². The van der Waals surface area contributed by atoms with Crippen LogP contribution in [0, 0.1) is 6.92 Å². The van der Waals surface area contributed by atoms with Gasteiger partial charge in [0.05, 0.1) is 6.04 Å². The second-order valence-electron chi connectivity index (χ2n) is 4.50. The lowest BCUT2D eigenvalue weighted by Crippen LogP contribution is -2.37.